The number of hydrogen-bond acceptors (Lipinski definition) is 6. The number of rotatable bonds is 11. The van der Waals surface area contributed by atoms with Crippen LogP contribution in [-0.2, 0) is 9.59 Å². The van der Waals surface area contributed by atoms with Crippen molar-refractivity contribution in [1.82, 2.24) is 16.0 Å². The summed E-state index contributed by atoms with van der Waals surface area (Å²) in [5, 5.41) is 38.5. The fourth-order valence-corrected chi connectivity index (χ4v) is 1.59. The first-order chi connectivity index (χ1) is 11.6. The molecule has 25 heavy (non-hydrogen) atoms. The third kappa shape index (κ3) is 17.6. The van der Waals surface area contributed by atoms with Gasteiger partial charge in [0.2, 0.25) is 0 Å². The molecule has 0 saturated carbocycles. The van der Waals surface area contributed by atoms with Crippen LogP contribution in [0.3, 0.4) is 0 Å². The van der Waals surface area contributed by atoms with Gasteiger partial charge in [0.25, 0.3) is 0 Å². The van der Waals surface area contributed by atoms with E-state index in [1.165, 1.54) is 0 Å². The molecule has 0 aliphatic rings. The van der Waals surface area contributed by atoms with Crippen molar-refractivity contribution in [2.45, 2.75) is 37.8 Å². The van der Waals surface area contributed by atoms with Gasteiger partial charge in [-0.25, -0.2) is 0 Å². The Labute approximate surface area is 146 Å². The number of nitrogens with one attached hydrogen (secondary N) is 5. The van der Waals surface area contributed by atoms with Crippen molar-refractivity contribution in [2.75, 3.05) is 20.1 Å². The van der Waals surface area contributed by atoms with E-state index >= 15 is 0 Å². The monoisotopic (exact) mass is 362 g/mol. The fraction of sp³-hybridized carbons (Fsp3) is 0.692. The predicted octanol–water partition coefficient (Wildman–Crippen LogP) is -2.42. The summed E-state index contributed by atoms with van der Waals surface area (Å²) in [6.07, 6.45) is 2.16. The lowest BCUT2D eigenvalue weighted by Crippen LogP contribution is -2.36. The van der Waals surface area contributed by atoms with Crippen molar-refractivity contribution in [3.8, 4) is 0 Å². The van der Waals surface area contributed by atoms with Gasteiger partial charge in [0.05, 0.1) is 0 Å². The summed E-state index contributed by atoms with van der Waals surface area (Å²) in [6, 6.07) is -1.34. The third-order valence-electron chi connectivity index (χ3n) is 2.96. The fourth-order valence-electron chi connectivity index (χ4n) is 1.59. The average Bonchev–Trinajstić information content (AvgIpc) is 2.51. The van der Waals surface area contributed by atoms with Crippen molar-refractivity contribution < 1.29 is 19.8 Å². The zero-order valence-corrected chi connectivity index (χ0v) is 14.3. The maximum atomic E-state index is 10.5. The minimum Gasteiger partial charge on any atom is -0.480 e. The van der Waals surface area contributed by atoms with Gasteiger partial charge >= 0.3 is 11.9 Å². The first kappa shape index (κ1) is 24.6. The van der Waals surface area contributed by atoms with Gasteiger partial charge in [-0.15, -0.1) is 0 Å². The van der Waals surface area contributed by atoms with E-state index in [1.807, 2.05) is 0 Å². The molecule has 2 atom stereocenters. The zero-order chi connectivity index (χ0) is 19.8. The molecule has 0 bridgehead atoms. The molecule has 0 rings (SSSR count). The lowest BCUT2D eigenvalue weighted by Gasteiger charge is -2.10. The van der Waals surface area contributed by atoms with Gasteiger partial charge < -0.3 is 43.4 Å². The topological polar surface area (TPSA) is 236 Å². The van der Waals surface area contributed by atoms with Crippen LogP contribution >= 0.6 is 0 Å². The largest absolute Gasteiger partial charge is 0.480 e. The van der Waals surface area contributed by atoms with Crippen LogP contribution in [0.2, 0.25) is 0 Å². The molecule has 13 N–H and O–H groups in total. The molecule has 0 aliphatic heterocycles. The Morgan fingerprint density at radius 3 is 1.72 bits per heavy atom. The number of guanidine groups is 2. The van der Waals surface area contributed by atoms with E-state index in [0.29, 0.717) is 38.8 Å². The molecule has 12 nitrogen and oxygen atoms in total. The second-order valence-electron chi connectivity index (χ2n) is 5.09. The van der Waals surface area contributed by atoms with E-state index in [-0.39, 0.29) is 11.9 Å². The molecule has 0 radical (unpaired) electrons. The van der Waals surface area contributed by atoms with Gasteiger partial charge in [0.1, 0.15) is 12.1 Å². The maximum absolute atomic E-state index is 10.5. The molecule has 0 spiro atoms. The molecular formula is C13H30N8O4. The molecule has 0 heterocycles. The number of aliphatic carboxylic acids is 2. The molecule has 0 fully saturated rings. The number of nitrogens with two attached hydrogens (primary N) is 3. The normalized spacial score (nSPS) is 12.1. The first-order valence-electron chi connectivity index (χ1n) is 7.66. The molecular weight excluding hydrogens is 332 g/mol. The van der Waals surface area contributed by atoms with Crippen molar-refractivity contribution in [1.29, 1.82) is 10.8 Å². The number of carbonyl (C=O) groups is 2. The summed E-state index contributed by atoms with van der Waals surface area (Å²) in [5.41, 5.74) is 15.3. The molecule has 0 saturated heterocycles. The van der Waals surface area contributed by atoms with Crippen LogP contribution in [0.15, 0.2) is 0 Å². The molecule has 0 unspecified atom stereocenters. The number of hydrogen-bond donors (Lipinski definition) is 10. The van der Waals surface area contributed by atoms with Crippen LogP contribution in [0.1, 0.15) is 25.7 Å². The summed E-state index contributed by atoms with van der Waals surface area (Å²) >= 11 is 0. The Morgan fingerprint density at radius 2 is 1.40 bits per heavy atom. The number of carboxylic acids is 2. The van der Waals surface area contributed by atoms with Crippen LogP contribution in [0, 0.1) is 10.8 Å². The SMILES string of the molecule is CN[C@@H](CCCNC(=N)N)C(=O)O.N=C(N)NCCC[C@H](N)C(=O)O. The molecule has 0 aliphatic carbocycles. The average molecular weight is 362 g/mol. The summed E-state index contributed by atoms with van der Waals surface area (Å²) in [5.74, 6) is -2.06. The third-order valence-corrected chi connectivity index (χ3v) is 2.96. The number of likely N-dealkylation sites (N-methyl/N-ethyl adjacent to an activating group) is 1. The summed E-state index contributed by atoms with van der Waals surface area (Å²) < 4.78 is 0. The van der Waals surface area contributed by atoms with E-state index in [9.17, 15) is 9.59 Å². The minimum atomic E-state index is -1.00. The quantitative estimate of drug-likeness (QED) is 0.106. The van der Waals surface area contributed by atoms with Gasteiger partial charge in [0.15, 0.2) is 11.9 Å². The van der Waals surface area contributed by atoms with Crippen molar-refractivity contribution in [2.24, 2.45) is 17.2 Å². The Kier molecular flexibility index (Phi) is 14.7. The highest BCUT2D eigenvalue weighted by Crippen LogP contribution is 1.95. The molecule has 0 aromatic heterocycles. The van der Waals surface area contributed by atoms with Gasteiger partial charge in [-0.3, -0.25) is 20.4 Å². The lowest BCUT2D eigenvalue weighted by molar-refractivity contribution is -0.140. The predicted molar refractivity (Wildman–Crippen MR) is 94.4 cm³/mol. The zero-order valence-electron chi connectivity index (χ0n) is 14.3. The van der Waals surface area contributed by atoms with Gasteiger partial charge in [-0.1, -0.05) is 0 Å². The standard InChI is InChI=1S/C7H16N4O2.C6H14N4O2/c1-10-5(6(12)13)3-2-4-11-7(8)9;7-4(5(11)12)2-1-3-10-6(8)9/h5,10H,2-4H2,1H3,(H,12,13)(H4,8,9,11);4H,1-3,7H2,(H,11,12)(H4,8,9,10)/t5-;4-/m00/s1. The second kappa shape index (κ2) is 15.0. The van der Waals surface area contributed by atoms with Gasteiger partial charge in [0, 0.05) is 13.1 Å². The molecule has 0 aromatic rings. The van der Waals surface area contributed by atoms with E-state index in [1.54, 1.807) is 7.05 Å². The summed E-state index contributed by atoms with van der Waals surface area (Å²) in [6.45, 7) is 1.01. The Hall–Kier alpha value is -2.60. The summed E-state index contributed by atoms with van der Waals surface area (Å²) in [4.78, 5) is 20.7. The first-order valence-corrected chi connectivity index (χ1v) is 7.66. The van der Waals surface area contributed by atoms with Gasteiger partial charge in [-0.2, -0.15) is 0 Å². The van der Waals surface area contributed by atoms with Crippen molar-refractivity contribution >= 4 is 23.9 Å². The molecule has 0 amide bonds. The van der Waals surface area contributed by atoms with Crippen LogP contribution in [0.25, 0.3) is 0 Å². The van der Waals surface area contributed by atoms with Crippen LogP contribution in [0.4, 0.5) is 0 Å². The van der Waals surface area contributed by atoms with Crippen LogP contribution in [0.5, 0.6) is 0 Å². The molecule has 0 aromatic carbocycles. The Morgan fingerprint density at radius 1 is 0.960 bits per heavy atom. The highest BCUT2D eigenvalue weighted by Gasteiger charge is 2.13. The minimum absolute atomic E-state index is 0.0867. The smallest absolute Gasteiger partial charge is 0.320 e. The van der Waals surface area contributed by atoms with Gasteiger partial charge in [-0.05, 0) is 32.7 Å². The Balaban J connectivity index is 0. The van der Waals surface area contributed by atoms with Crippen molar-refractivity contribution in [3.63, 3.8) is 0 Å². The molecule has 146 valence electrons. The van der Waals surface area contributed by atoms with E-state index < -0.39 is 24.0 Å². The van der Waals surface area contributed by atoms with E-state index in [4.69, 9.17) is 38.2 Å². The van der Waals surface area contributed by atoms with E-state index in [2.05, 4.69) is 16.0 Å². The van der Waals surface area contributed by atoms with Crippen molar-refractivity contribution in [3.05, 3.63) is 0 Å². The molecule has 12 heteroatoms. The second-order valence-corrected chi connectivity index (χ2v) is 5.09. The van der Waals surface area contributed by atoms with Crippen LogP contribution < -0.4 is 33.2 Å². The Bertz CT molecular complexity index is 432. The highest BCUT2D eigenvalue weighted by atomic mass is 16.4. The lowest BCUT2D eigenvalue weighted by atomic mass is 10.1. The van der Waals surface area contributed by atoms with Crippen LogP contribution in [-0.4, -0.2) is 66.3 Å². The highest BCUT2D eigenvalue weighted by molar-refractivity contribution is 5.75. The maximum Gasteiger partial charge on any atom is 0.320 e. The van der Waals surface area contributed by atoms with E-state index in [0.717, 1.165) is 0 Å². The summed E-state index contributed by atoms with van der Waals surface area (Å²) in [7, 11) is 1.61. The number of carboxylic acid groups (broad SMARTS) is 2.